The molecule has 0 N–H and O–H groups in total. The molecule has 0 bridgehead atoms. The Morgan fingerprint density at radius 2 is 1.63 bits per heavy atom. The molecule has 0 unspecified atom stereocenters. The maximum atomic E-state index is 11.0. The molecule has 2 aliphatic rings. The van der Waals surface area contributed by atoms with Crippen molar-refractivity contribution in [1.29, 1.82) is 0 Å². The first-order chi connectivity index (χ1) is 19.9. The average molecular weight is 548 g/mol. The minimum absolute atomic E-state index is 0.246. The number of ether oxygens (including phenoxy) is 1. The van der Waals surface area contributed by atoms with Crippen LogP contribution in [0.25, 0.3) is 11.6 Å². The lowest BCUT2D eigenvalue weighted by Crippen LogP contribution is -2.27. The Morgan fingerprint density at radius 3 is 2.32 bits per heavy atom. The molecule has 0 saturated heterocycles. The highest BCUT2D eigenvalue weighted by Gasteiger charge is 2.44. The van der Waals surface area contributed by atoms with Gasteiger partial charge in [0.15, 0.2) is 5.71 Å². The van der Waals surface area contributed by atoms with Gasteiger partial charge in [0.2, 0.25) is 5.69 Å². The van der Waals surface area contributed by atoms with E-state index in [1.807, 2.05) is 18.2 Å². The fourth-order valence-electron chi connectivity index (χ4n) is 6.30. The van der Waals surface area contributed by atoms with Gasteiger partial charge in [0.1, 0.15) is 12.8 Å². The lowest BCUT2D eigenvalue weighted by atomic mass is 9.80. The molecule has 5 rings (SSSR count). The Morgan fingerprint density at radius 1 is 0.927 bits per heavy atom. The molecule has 1 heterocycles. The molecule has 1 aliphatic carbocycles. The number of anilines is 1. The first-order valence-corrected chi connectivity index (χ1v) is 15.1. The Hall–Kier alpha value is -3.92. The highest BCUT2D eigenvalue weighted by Crippen LogP contribution is 2.44. The zero-order valence-electron chi connectivity index (χ0n) is 25.2. The van der Waals surface area contributed by atoms with E-state index in [-0.39, 0.29) is 5.41 Å². The third-order valence-corrected chi connectivity index (χ3v) is 8.67. The Bertz CT molecular complexity index is 1500. The molecular weight excluding hydrogens is 504 g/mol. The fraction of sp³-hybridized carbons (Fsp3) is 0.351. The fourth-order valence-corrected chi connectivity index (χ4v) is 6.30. The largest absolute Gasteiger partial charge is 0.429 e. The minimum Gasteiger partial charge on any atom is -0.429 e. The minimum atomic E-state index is -0.246. The maximum Gasteiger partial charge on any atom is 0.298 e. The summed E-state index contributed by atoms with van der Waals surface area (Å²) >= 11 is 0. The van der Waals surface area contributed by atoms with Crippen molar-refractivity contribution in [3.05, 3.63) is 101 Å². The van der Waals surface area contributed by atoms with Crippen LogP contribution in [0.4, 0.5) is 11.4 Å². The zero-order chi connectivity index (χ0) is 29.0. The van der Waals surface area contributed by atoms with Crippen molar-refractivity contribution in [3.63, 3.8) is 0 Å². The molecule has 0 fully saturated rings. The molecular formula is C37H43N2O2+. The van der Waals surface area contributed by atoms with E-state index in [2.05, 4.69) is 105 Å². The first-order valence-electron chi connectivity index (χ1n) is 15.1. The Labute approximate surface area is 245 Å². The van der Waals surface area contributed by atoms with Gasteiger partial charge in [-0.05, 0) is 85.2 Å². The van der Waals surface area contributed by atoms with Gasteiger partial charge in [-0.25, -0.2) is 0 Å². The molecule has 3 aromatic rings. The number of rotatable bonds is 11. The molecule has 0 atom stereocenters. The van der Waals surface area contributed by atoms with Gasteiger partial charge >= 0.3 is 0 Å². The lowest BCUT2D eigenvalue weighted by Gasteiger charge is -2.24. The monoisotopic (exact) mass is 547 g/mol. The van der Waals surface area contributed by atoms with E-state index in [9.17, 15) is 4.79 Å². The van der Waals surface area contributed by atoms with Crippen LogP contribution in [-0.2, 0) is 16.6 Å². The number of allylic oxidation sites excluding steroid dienone is 3. The first kappa shape index (κ1) is 28.6. The smallest absolute Gasteiger partial charge is 0.298 e. The van der Waals surface area contributed by atoms with Crippen LogP contribution in [0.15, 0.2) is 78.4 Å². The maximum absolute atomic E-state index is 11.0. The molecule has 0 spiro atoms. The number of unbranched alkanes of at least 4 members (excludes halogenated alkanes) is 2. The summed E-state index contributed by atoms with van der Waals surface area (Å²) in [5.41, 5.74) is 11.1. The highest BCUT2D eigenvalue weighted by molar-refractivity contribution is 6.10. The van der Waals surface area contributed by atoms with Crippen molar-refractivity contribution < 1.29 is 14.1 Å². The van der Waals surface area contributed by atoms with E-state index >= 15 is 0 Å². The van der Waals surface area contributed by atoms with Crippen LogP contribution in [0, 0.1) is 0 Å². The molecule has 1 aliphatic heterocycles. The third kappa shape index (κ3) is 5.79. The van der Waals surface area contributed by atoms with Crippen molar-refractivity contribution >= 4 is 35.2 Å². The number of benzene rings is 3. The van der Waals surface area contributed by atoms with Crippen LogP contribution in [0.1, 0.15) is 75.6 Å². The molecule has 4 nitrogen and oxygen atoms in total. The van der Waals surface area contributed by atoms with E-state index in [1.165, 1.54) is 64.9 Å². The Kier molecular flexibility index (Phi) is 8.58. The number of nitrogens with zero attached hydrogens (tertiary/aromatic N) is 2. The zero-order valence-corrected chi connectivity index (χ0v) is 25.2. The van der Waals surface area contributed by atoms with Crippen LogP contribution >= 0.6 is 0 Å². The lowest BCUT2D eigenvalue weighted by molar-refractivity contribution is -0.401. The van der Waals surface area contributed by atoms with Gasteiger partial charge in [0, 0.05) is 36.5 Å². The summed E-state index contributed by atoms with van der Waals surface area (Å²) in [5, 5.41) is 0. The van der Waals surface area contributed by atoms with E-state index in [0.717, 1.165) is 30.8 Å². The molecule has 4 heteroatoms. The molecule has 3 aromatic carbocycles. The summed E-state index contributed by atoms with van der Waals surface area (Å²) in [4.78, 5) is 13.5. The molecule has 212 valence electrons. The highest BCUT2D eigenvalue weighted by atomic mass is 16.5. The summed E-state index contributed by atoms with van der Waals surface area (Å²) in [6, 6.07) is 23.8. The number of hydrogen-bond donors (Lipinski definition) is 0. The van der Waals surface area contributed by atoms with Gasteiger partial charge in [-0.3, -0.25) is 4.79 Å². The van der Waals surface area contributed by atoms with Gasteiger partial charge < -0.3 is 9.64 Å². The quantitative estimate of drug-likeness (QED) is 0.179. The van der Waals surface area contributed by atoms with Crippen LogP contribution in [0.2, 0.25) is 0 Å². The Balaban J connectivity index is 1.51. The summed E-state index contributed by atoms with van der Waals surface area (Å²) in [5.74, 6) is 0.576. The summed E-state index contributed by atoms with van der Waals surface area (Å²) in [7, 11) is 2.13. The molecule has 41 heavy (non-hydrogen) atoms. The van der Waals surface area contributed by atoms with E-state index in [1.54, 1.807) is 0 Å². The van der Waals surface area contributed by atoms with Gasteiger partial charge in [0.05, 0.1) is 5.41 Å². The van der Waals surface area contributed by atoms with E-state index in [4.69, 9.17) is 4.74 Å². The third-order valence-electron chi connectivity index (χ3n) is 8.67. The molecule has 0 amide bonds. The van der Waals surface area contributed by atoms with E-state index < -0.39 is 0 Å². The predicted octanol–water partition coefficient (Wildman–Crippen LogP) is 8.36. The summed E-state index contributed by atoms with van der Waals surface area (Å²) < 4.78 is 7.46. The van der Waals surface area contributed by atoms with Crippen LogP contribution < -0.4 is 9.64 Å². The second-order valence-electron chi connectivity index (χ2n) is 11.8. The predicted molar refractivity (Wildman–Crippen MR) is 172 cm³/mol. The topological polar surface area (TPSA) is 32.5 Å². The van der Waals surface area contributed by atoms with Crippen molar-refractivity contribution in [2.75, 3.05) is 25.0 Å². The standard InChI is InChI=1S/C37H43N2O2/c1-6-8-20-39(21-9-7-2)30-16-14-27(15-17-30)22-29-23-28-12-10-11-13-32(28)33(29)25-36-37(3,4)34-24-31(41-26-40)18-19-35(34)38(36)5/h10-19,22,24-26H,6-9,20-21,23H2,1-5H3/q+1. The summed E-state index contributed by atoms with van der Waals surface area (Å²) in [6.07, 6.45) is 10.5. The number of carbonyl (C=O) groups excluding carboxylic acids is 1. The van der Waals surface area contributed by atoms with Gasteiger partial charge in [-0.1, -0.05) is 69.2 Å². The van der Waals surface area contributed by atoms with Crippen LogP contribution in [0.5, 0.6) is 5.75 Å². The van der Waals surface area contributed by atoms with Crippen molar-refractivity contribution in [3.8, 4) is 5.75 Å². The normalized spacial score (nSPS) is 17.2. The van der Waals surface area contributed by atoms with Crippen LogP contribution in [0.3, 0.4) is 0 Å². The number of fused-ring (bicyclic) bond motifs is 2. The van der Waals surface area contributed by atoms with Crippen LogP contribution in [-0.4, -0.2) is 36.9 Å². The molecule has 0 radical (unpaired) electrons. The molecule has 0 saturated carbocycles. The number of carbonyl (C=O) groups is 1. The average Bonchev–Trinajstić information content (AvgIpc) is 3.41. The second kappa shape index (κ2) is 12.3. The second-order valence-corrected chi connectivity index (χ2v) is 11.8. The van der Waals surface area contributed by atoms with Crippen molar-refractivity contribution in [2.24, 2.45) is 0 Å². The van der Waals surface area contributed by atoms with Crippen molar-refractivity contribution in [2.45, 2.75) is 65.2 Å². The number of hydrogen-bond acceptors (Lipinski definition) is 3. The van der Waals surface area contributed by atoms with Gasteiger partial charge in [-0.15, -0.1) is 0 Å². The van der Waals surface area contributed by atoms with Gasteiger partial charge in [0.25, 0.3) is 6.47 Å². The van der Waals surface area contributed by atoms with Gasteiger partial charge in [-0.2, -0.15) is 4.58 Å². The van der Waals surface area contributed by atoms with Crippen molar-refractivity contribution in [1.82, 2.24) is 0 Å². The summed E-state index contributed by atoms with van der Waals surface area (Å²) in [6.45, 7) is 11.7. The SMILES string of the molecule is CCCCN(CCCC)c1ccc(C=C2Cc3ccccc3C2=CC2=[N+](C)c3ccc(OC=O)cc3C2(C)C)cc1. The van der Waals surface area contributed by atoms with E-state index in [0.29, 0.717) is 12.2 Å². The molecule has 0 aromatic heterocycles.